The Kier molecular flexibility index (Phi) is 3.82. The van der Waals surface area contributed by atoms with Crippen molar-refractivity contribution in [3.05, 3.63) is 0 Å². The molecule has 4 atom stereocenters. The third-order valence-electron chi connectivity index (χ3n) is 4.14. The second-order valence-corrected chi connectivity index (χ2v) is 5.27. The Bertz CT molecular complexity index is 148. The molecule has 0 heteroatoms. The van der Waals surface area contributed by atoms with Crippen LogP contribution in [0.5, 0.6) is 0 Å². The largest absolute Gasteiger partial charge is 0.0651 e. The van der Waals surface area contributed by atoms with Crippen LogP contribution in [0.2, 0.25) is 0 Å². The second kappa shape index (κ2) is 4.48. The highest BCUT2D eigenvalue weighted by Gasteiger charge is 2.44. The molecule has 0 aromatic heterocycles. The predicted octanol–water partition coefficient (Wildman–Crippen LogP) is 4.35. The van der Waals surface area contributed by atoms with Crippen LogP contribution >= 0.6 is 0 Å². The zero-order valence-corrected chi connectivity index (χ0v) is 10.0. The summed E-state index contributed by atoms with van der Waals surface area (Å²) in [5.74, 6) is 5.00. The van der Waals surface area contributed by atoms with Gasteiger partial charge in [-0.1, -0.05) is 47.5 Å². The summed E-state index contributed by atoms with van der Waals surface area (Å²) >= 11 is 0. The summed E-state index contributed by atoms with van der Waals surface area (Å²) in [4.78, 5) is 0. The molecule has 0 nitrogen and oxygen atoms in total. The zero-order valence-electron chi connectivity index (χ0n) is 10.0. The first-order chi connectivity index (χ1) is 6.11. The highest BCUT2D eigenvalue weighted by Crippen LogP contribution is 2.52. The van der Waals surface area contributed by atoms with E-state index in [4.69, 9.17) is 0 Å². The average Bonchev–Trinajstić information content (AvgIpc) is 2.85. The van der Waals surface area contributed by atoms with Gasteiger partial charge in [0.05, 0.1) is 0 Å². The standard InChI is InChI=1S/C13H26/c1-6-10(5)11(7-2)13-8-12(13)9(3)4/h9-13H,6-8H2,1-5H3. The van der Waals surface area contributed by atoms with Crippen LogP contribution in [-0.2, 0) is 0 Å². The minimum Gasteiger partial charge on any atom is -0.0651 e. The summed E-state index contributed by atoms with van der Waals surface area (Å²) in [5.41, 5.74) is 0. The van der Waals surface area contributed by atoms with E-state index < -0.39 is 0 Å². The fourth-order valence-electron chi connectivity index (χ4n) is 2.92. The molecule has 0 aromatic carbocycles. The van der Waals surface area contributed by atoms with Gasteiger partial charge in [-0.3, -0.25) is 0 Å². The Morgan fingerprint density at radius 1 is 1.00 bits per heavy atom. The van der Waals surface area contributed by atoms with E-state index in [1.807, 2.05) is 0 Å². The van der Waals surface area contributed by atoms with Gasteiger partial charge in [-0.15, -0.1) is 0 Å². The molecule has 13 heavy (non-hydrogen) atoms. The SMILES string of the molecule is CCC(C)C(CC)C1CC1C(C)C. The fraction of sp³-hybridized carbons (Fsp3) is 1.00. The van der Waals surface area contributed by atoms with E-state index in [1.165, 1.54) is 19.3 Å². The maximum atomic E-state index is 2.43. The zero-order chi connectivity index (χ0) is 10.0. The Morgan fingerprint density at radius 3 is 1.92 bits per heavy atom. The van der Waals surface area contributed by atoms with Gasteiger partial charge >= 0.3 is 0 Å². The average molecular weight is 182 g/mol. The van der Waals surface area contributed by atoms with Crippen molar-refractivity contribution in [1.82, 2.24) is 0 Å². The lowest BCUT2D eigenvalue weighted by atomic mass is 9.84. The second-order valence-electron chi connectivity index (χ2n) is 5.27. The molecule has 0 spiro atoms. The molecule has 1 aliphatic carbocycles. The number of hydrogen-bond donors (Lipinski definition) is 0. The van der Waals surface area contributed by atoms with Crippen molar-refractivity contribution in [2.45, 2.75) is 53.9 Å². The van der Waals surface area contributed by atoms with E-state index >= 15 is 0 Å². The summed E-state index contributed by atoms with van der Waals surface area (Å²) in [7, 11) is 0. The van der Waals surface area contributed by atoms with E-state index in [1.54, 1.807) is 0 Å². The van der Waals surface area contributed by atoms with Gasteiger partial charge in [0.15, 0.2) is 0 Å². The summed E-state index contributed by atoms with van der Waals surface area (Å²) in [5, 5.41) is 0. The lowest BCUT2D eigenvalue weighted by Crippen LogP contribution is -2.14. The Balaban J connectivity index is 2.42. The van der Waals surface area contributed by atoms with Crippen LogP contribution in [0.4, 0.5) is 0 Å². The van der Waals surface area contributed by atoms with Gasteiger partial charge in [0, 0.05) is 0 Å². The Labute approximate surface area is 84.1 Å². The van der Waals surface area contributed by atoms with Crippen molar-refractivity contribution in [2.75, 3.05) is 0 Å². The molecule has 1 aliphatic rings. The summed E-state index contributed by atoms with van der Waals surface area (Å²) < 4.78 is 0. The molecule has 0 aliphatic heterocycles. The molecule has 1 fully saturated rings. The van der Waals surface area contributed by atoms with Crippen LogP contribution in [0.3, 0.4) is 0 Å². The van der Waals surface area contributed by atoms with Crippen molar-refractivity contribution in [3.8, 4) is 0 Å². The first-order valence-electron chi connectivity index (χ1n) is 6.11. The molecular formula is C13H26. The Hall–Kier alpha value is 0. The first kappa shape index (κ1) is 11.1. The Morgan fingerprint density at radius 2 is 1.62 bits per heavy atom. The fourth-order valence-corrected chi connectivity index (χ4v) is 2.92. The van der Waals surface area contributed by atoms with E-state index in [0.29, 0.717) is 0 Å². The van der Waals surface area contributed by atoms with E-state index in [2.05, 4.69) is 34.6 Å². The molecule has 0 bridgehead atoms. The summed E-state index contributed by atoms with van der Waals surface area (Å²) in [6.07, 6.45) is 4.27. The van der Waals surface area contributed by atoms with Gasteiger partial charge in [0.2, 0.25) is 0 Å². The minimum atomic E-state index is 0.920. The van der Waals surface area contributed by atoms with Gasteiger partial charge in [-0.25, -0.2) is 0 Å². The molecule has 0 radical (unpaired) electrons. The molecule has 4 unspecified atom stereocenters. The third kappa shape index (κ3) is 2.48. The third-order valence-corrected chi connectivity index (χ3v) is 4.14. The van der Waals surface area contributed by atoms with E-state index in [9.17, 15) is 0 Å². The summed E-state index contributed by atoms with van der Waals surface area (Å²) in [6, 6.07) is 0. The lowest BCUT2D eigenvalue weighted by Gasteiger charge is -2.22. The van der Waals surface area contributed by atoms with Crippen molar-refractivity contribution < 1.29 is 0 Å². The highest BCUT2D eigenvalue weighted by atomic mass is 14.5. The number of hydrogen-bond acceptors (Lipinski definition) is 0. The molecule has 1 saturated carbocycles. The van der Waals surface area contributed by atoms with Gasteiger partial charge < -0.3 is 0 Å². The van der Waals surface area contributed by atoms with Crippen LogP contribution in [0.25, 0.3) is 0 Å². The minimum absolute atomic E-state index is 0.920. The van der Waals surface area contributed by atoms with E-state index in [0.717, 1.165) is 29.6 Å². The van der Waals surface area contributed by atoms with Crippen LogP contribution in [-0.4, -0.2) is 0 Å². The molecule has 0 saturated heterocycles. The number of rotatable bonds is 5. The van der Waals surface area contributed by atoms with Crippen LogP contribution in [0.1, 0.15) is 53.9 Å². The van der Waals surface area contributed by atoms with Gasteiger partial charge in [0.25, 0.3) is 0 Å². The predicted molar refractivity (Wildman–Crippen MR) is 59.7 cm³/mol. The van der Waals surface area contributed by atoms with Crippen molar-refractivity contribution in [2.24, 2.45) is 29.6 Å². The molecular weight excluding hydrogens is 156 g/mol. The first-order valence-corrected chi connectivity index (χ1v) is 6.11. The molecule has 1 rings (SSSR count). The van der Waals surface area contributed by atoms with Crippen LogP contribution in [0.15, 0.2) is 0 Å². The highest BCUT2D eigenvalue weighted by molar-refractivity contribution is 4.93. The van der Waals surface area contributed by atoms with Crippen LogP contribution < -0.4 is 0 Å². The van der Waals surface area contributed by atoms with Crippen molar-refractivity contribution in [1.29, 1.82) is 0 Å². The van der Waals surface area contributed by atoms with Crippen LogP contribution in [0, 0.1) is 29.6 Å². The molecule has 0 heterocycles. The van der Waals surface area contributed by atoms with Gasteiger partial charge in [0.1, 0.15) is 0 Å². The molecule has 78 valence electrons. The molecule has 0 N–H and O–H groups in total. The monoisotopic (exact) mass is 182 g/mol. The summed E-state index contributed by atoms with van der Waals surface area (Å²) in [6.45, 7) is 11.9. The topological polar surface area (TPSA) is 0 Å². The van der Waals surface area contributed by atoms with E-state index in [-0.39, 0.29) is 0 Å². The quantitative estimate of drug-likeness (QED) is 0.593. The lowest BCUT2D eigenvalue weighted by molar-refractivity contribution is 0.276. The maximum absolute atomic E-state index is 2.43. The molecule has 0 amide bonds. The normalized spacial score (nSPS) is 31.8. The maximum Gasteiger partial charge on any atom is -0.0350 e. The molecule has 0 aromatic rings. The van der Waals surface area contributed by atoms with Gasteiger partial charge in [-0.05, 0) is 36.0 Å². The van der Waals surface area contributed by atoms with Crippen molar-refractivity contribution >= 4 is 0 Å². The van der Waals surface area contributed by atoms with Gasteiger partial charge in [-0.2, -0.15) is 0 Å². The smallest absolute Gasteiger partial charge is 0.0350 e. The van der Waals surface area contributed by atoms with Crippen molar-refractivity contribution in [3.63, 3.8) is 0 Å².